The number of halogens is 1. The normalized spacial score (nSPS) is 12.6. The van der Waals surface area contributed by atoms with Gasteiger partial charge in [-0.1, -0.05) is 6.92 Å². The number of rotatable bonds is 7. The van der Waals surface area contributed by atoms with E-state index in [9.17, 15) is 4.39 Å². The van der Waals surface area contributed by atoms with Crippen molar-refractivity contribution in [2.24, 2.45) is 0 Å². The third-order valence-electron chi connectivity index (χ3n) is 3.48. The third kappa shape index (κ3) is 3.18. The minimum absolute atomic E-state index is 0.299. The molecule has 0 amide bonds. The van der Waals surface area contributed by atoms with Crippen LogP contribution in [0.5, 0.6) is 0 Å². The summed E-state index contributed by atoms with van der Waals surface area (Å²) in [4.78, 5) is 0. The van der Waals surface area contributed by atoms with Crippen LogP contribution in [-0.4, -0.2) is 26.2 Å². The average Bonchev–Trinajstić information content (AvgIpc) is 3.03. The van der Waals surface area contributed by atoms with Gasteiger partial charge < -0.3 is 5.32 Å². The molecule has 2 aromatic heterocycles. The van der Waals surface area contributed by atoms with Crippen LogP contribution in [0.1, 0.15) is 37.7 Å². The molecule has 0 saturated carbocycles. The number of anilines is 1. The topological polar surface area (TPSA) is 47.7 Å². The Bertz CT molecular complexity index is 546. The summed E-state index contributed by atoms with van der Waals surface area (Å²) in [6.07, 6.45) is 4.71. The Morgan fingerprint density at radius 3 is 2.95 bits per heavy atom. The molecule has 0 bridgehead atoms. The summed E-state index contributed by atoms with van der Waals surface area (Å²) >= 11 is 0. The maximum absolute atomic E-state index is 12.3. The van der Waals surface area contributed by atoms with E-state index >= 15 is 0 Å². The van der Waals surface area contributed by atoms with Gasteiger partial charge in [0.2, 0.25) is 0 Å². The predicted molar refractivity (Wildman–Crippen MR) is 77.5 cm³/mol. The maximum atomic E-state index is 12.3. The number of hydrogen-bond acceptors (Lipinski definition) is 3. The van der Waals surface area contributed by atoms with Crippen molar-refractivity contribution in [2.75, 3.05) is 12.0 Å². The van der Waals surface area contributed by atoms with Crippen molar-refractivity contribution in [2.45, 2.75) is 46.3 Å². The van der Waals surface area contributed by atoms with Crippen molar-refractivity contribution in [3.63, 3.8) is 0 Å². The molecule has 0 fully saturated rings. The number of nitrogens with zero attached hydrogens (tertiary/aromatic N) is 4. The van der Waals surface area contributed by atoms with Crippen molar-refractivity contribution in [1.29, 1.82) is 0 Å². The molecule has 6 heteroatoms. The van der Waals surface area contributed by atoms with Crippen LogP contribution < -0.4 is 5.32 Å². The fourth-order valence-corrected chi connectivity index (χ4v) is 2.13. The van der Waals surface area contributed by atoms with Gasteiger partial charge >= 0.3 is 0 Å². The number of hydrogen-bond donors (Lipinski definition) is 1. The van der Waals surface area contributed by atoms with E-state index in [4.69, 9.17) is 0 Å². The third-order valence-corrected chi connectivity index (χ3v) is 3.48. The molecule has 1 N–H and O–H groups in total. The highest BCUT2D eigenvalue weighted by Gasteiger charge is 2.09. The lowest BCUT2D eigenvalue weighted by molar-refractivity contribution is 0.426. The summed E-state index contributed by atoms with van der Waals surface area (Å²) in [5.41, 5.74) is 2.96. The summed E-state index contributed by atoms with van der Waals surface area (Å²) in [6.45, 7) is 6.81. The van der Waals surface area contributed by atoms with Gasteiger partial charge in [0.1, 0.15) is 6.67 Å². The molecule has 0 aliphatic carbocycles. The zero-order valence-electron chi connectivity index (χ0n) is 12.3. The summed E-state index contributed by atoms with van der Waals surface area (Å²) in [5.74, 6) is 0. The summed E-state index contributed by atoms with van der Waals surface area (Å²) in [5, 5.41) is 12.0. The quantitative estimate of drug-likeness (QED) is 0.847. The van der Waals surface area contributed by atoms with Gasteiger partial charge in [0.15, 0.2) is 0 Å². The highest BCUT2D eigenvalue weighted by Crippen LogP contribution is 2.16. The van der Waals surface area contributed by atoms with Crippen LogP contribution in [0, 0.1) is 6.92 Å². The number of alkyl halides is 1. The van der Waals surface area contributed by atoms with Crippen LogP contribution in [-0.2, 0) is 13.1 Å². The Morgan fingerprint density at radius 2 is 2.25 bits per heavy atom. The Hall–Kier alpha value is -1.85. The lowest BCUT2D eigenvalue weighted by atomic mass is 10.2. The molecule has 0 spiro atoms. The second kappa shape index (κ2) is 6.54. The molecule has 110 valence electrons. The molecule has 2 heterocycles. The Kier molecular flexibility index (Phi) is 4.76. The second-order valence-electron chi connectivity index (χ2n) is 4.96. The number of aryl methyl sites for hydroxylation is 2. The maximum Gasteiger partial charge on any atom is 0.109 e. The fraction of sp³-hybridized carbons (Fsp3) is 0.571. The van der Waals surface area contributed by atoms with E-state index in [0.717, 1.165) is 23.5 Å². The minimum Gasteiger partial charge on any atom is -0.377 e. The average molecular weight is 279 g/mol. The molecule has 5 nitrogen and oxygen atoms in total. The second-order valence-corrected chi connectivity index (χ2v) is 4.96. The molecular weight excluding hydrogens is 257 g/mol. The van der Waals surface area contributed by atoms with Crippen molar-refractivity contribution >= 4 is 5.69 Å². The van der Waals surface area contributed by atoms with Gasteiger partial charge in [-0.05, 0) is 26.3 Å². The molecule has 1 atom stereocenters. The first-order valence-electron chi connectivity index (χ1n) is 7.02. The molecule has 0 aromatic carbocycles. The Labute approximate surface area is 118 Å². The first kappa shape index (κ1) is 14.6. The highest BCUT2D eigenvalue weighted by atomic mass is 19.1. The van der Waals surface area contributed by atoms with Gasteiger partial charge in [-0.15, -0.1) is 0 Å². The smallest absolute Gasteiger partial charge is 0.109 e. The molecular formula is C14H22FN5. The van der Waals surface area contributed by atoms with Crippen LogP contribution >= 0.6 is 0 Å². The summed E-state index contributed by atoms with van der Waals surface area (Å²) < 4.78 is 16.0. The fourth-order valence-electron chi connectivity index (χ4n) is 2.13. The monoisotopic (exact) mass is 279 g/mol. The molecule has 2 aromatic rings. The molecule has 20 heavy (non-hydrogen) atoms. The number of aromatic nitrogens is 4. The van der Waals surface area contributed by atoms with E-state index in [2.05, 4.69) is 29.4 Å². The van der Waals surface area contributed by atoms with Crippen LogP contribution in [0.2, 0.25) is 0 Å². The minimum atomic E-state index is -0.401. The SMILES string of the molecule is CC[C@@H](C)n1nccc1CNc1cn(CCF)nc1C. The molecule has 0 aliphatic rings. The predicted octanol–water partition coefficient (Wildman–Crippen LogP) is 2.94. The molecule has 0 aliphatic heterocycles. The largest absolute Gasteiger partial charge is 0.377 e. The van der Waals surface area contributed by atoms with E-state index in [1.807, 2.05) is 30.1 Å². The van der Waals surface area contributed by atoms with E-state index in [-0.39, 0.29) is 0 Å². The van der Waals surface area contributed by atoms with E-state index < -0.39 is 6.67 Å². The highest BCUT2D eigenvalue weighted by molar-refractivity contribution is 5.45. The first-order chi connectivity index (χ1) is 9.65. The van der Waals surface area contributed by atoms with Crippen molar-refractivity contribution in [1.82, 2.24) is 19.6 Å². The first-order valence-corrected chi connectivity index (χ1v) is 7.02. The van der Waals surface area contributed by atoms with Crippen LogP contribution in [0.3, 0.4) is 0 Å². The van der Waals surface area contributed by atoms with Gasteiger partial charge in [0, 0.05) is 18.4 Å². The lowest BCUT2D eigenvalue weighted by Gasteiger charge is -2.14. The van der Waals surface area contributed by atoms with Crippen molar-refractivity contribution in [3.8, 4) is 0 Å². The van der Waals surface area contributed by atoms with E-state index in [1.165, 1.54) is 0 Å². The molecule has 0 radical (unpaired) electrons. The summed E-state index contributed by atoms with van der Waals surface area (Å²) in [6, 6.07) is 2.40. The lowest BCUT2D eigenvalue weighted by Crippen LogP contribution is -2.12. The molecule has 0 unspecified atom stereocenters. The Balaban J connectivity index is 2.03. The molecule has 2 rings (SSSR count). The summed E-state index contributed by atoms with van der Waals surface area (Å²) in [7, 11) is 0. The van der Waals surface area contributed by atoms with Gasteiger partial charge in [-0.3, -0.25) is 9.36 Å². The Morgan fingerprint density at radius 1 is 1.45 bits per heavy atom. The number of nitrogens with one attached hydrogen (secondary N) is 1. The van der Waals surface area contributed by atoms with Gasteiger partial charge in [-0.25, -0.2) is 4.39 Å². The van der Waals surface area contributed by atoms with Crippen molar-refractivity contribution in [3.05, 3.63) is 29.8 Å². The van der Waals surface area contributed by atoms with E-state index in [0.29, 0.717) is 19.1 Å². The van der Waals surface area contributed by atoms with Crippen LogP contribution in [0.25, 0.3) is 0 Å². The van der Waals surface area contributed by atoms with Crippen LogP contribution in [0.15, 0.2) is 18.5 Å². The zero-order chi connectivity index (χ0) is 14.5. The molecule has 0 saturated heterocycles. The van der Waals surface area contributed by atoms with Gasteiger partial charge in [-0.2, -0.15) is 10.2 Å². The van der Waals surface area contributed by atoms with Crippen molar-refractivity contribution < 1.29 is 4.39 Å². The van der Waals surface area contributed by atoms with Crippen LogP contribution in [0.4, 0.5) is 10.1 Å². The standard InChI is InChI=1S/C14H22FN5/c1-4-11(2)20-13(5-7-17-20)9-16-14-10-19(8-6-15)18-12(14)3/h5,7,10-11,16H,4,6,8-9H2,1-3H3/t11-/m1/s1. The van der Waals surface area contributed by atoms with E-state index in [1.54, 1.807) is 4.68 Å². The zero-order valence-corrected chi connectivity index (χ0v) is 12.3. The van der Waals surface area contributed by atoms with Gasteiger partial charge in [0.25, 0.3) is 0 Å². The van der Waals surface area contributed by atoms with Gasteiger partial charge in [0.05, 0.1) is 30.2 Å².